The van der Waals surface area contributed by atoms with Crippen LogP contribution in [-0.4, -0.2) is 136 Å². The first-order valence-corrected chi connectivity index (χ1v) is 24.4. The number of aromatic nitrogens is 3. The molecule has 0 radical (unpaired) electrons. The summed E-state index contributed by atoms with van der Waals surface area (Å²) < 4.78 is 27.0. The van der Waals surface area contributed by atoms with E-state index >= 15 is 0 Å². The molecule has 0 spiro atoms. The Balaban J connectivity index is 0.823. The Morgan fingerprint density at radius 2 is 1.72 bits per heavy atom. The molecule has 2 aromatic carbocycles. The lowest BCUT2D eigenvalue weighted by Gasteiger charge is -2.36. The number of phenolic OH excluding ortho intramolecular Hbond substituents is 1. The fourth-order valence-corrected chi connectivity index (χ4v) is 9.37. The highest BCUT2D eigenvalue weighted by atomic mass is 32.1. The second-order valence-corrected chi connectivity index (χ2v) is 19.9. The molecule has 0 unspecified atom stereocenters. The third-order valence-corrected chi connectivity index (χ3v) is 13.8. The van der Waals surface area contributed by atoms with Crippen molar-refractivity contribution in [3.8, 4) is 33.2 Å². The van der Waals surface area contributed by atoms with Gasteiger partial charge in [0.25, 0.3) is 5.91 Å². The van der Waals surface area contributed by atoms with E-state index in [2.05, 4.69) is 35.6 Å². The fraction of sp³-hybridized carbons (Fsp3) is 0.551. The maximum absolute atomic E-state index is 14.6. The van der Waals surface area contributed by atoms with E-state index in [1.54, 1.807) is 44.2 Å². The zero-order valence-electron chi connectivity index (χ0n) is 39.1. The van der Waals surface area contributed by atoms with Crippen molar-refractivity contribution in [1.29, 1.82) is 0 Å². The smallest absolute Gasteiger partial charge is 0.258 e. The highest BCUT2D eigenvalue weighted by Gasteiger charge is 2.53. The number of hydrogen-bond acceptors (Lipinski definition) is 14. The first kappa shape index (κ1) is 49.5. The molecule has 2 aliphatic heterocycles. The van der Waals surface area contributed by atoms with Gasteiger partial charge in [-0.1, -0.05) is 64.3 Å². The first-order chi connectivity index (χ1) is 32.1. The van der Waals surface area contributed by atoms with Crippen molar-refractivity contribution in [1.82, 2.24) is 35.6 Å². The summed E-state index contributed by atoms with van der Waals surface area (Å²) in [5, 5.41) is 34.9. The van der Waals surface area contributed by atoms with Crippen LogP contribution in [-0.2, 0) is 25.7 Å². The second kappa shape index (κ2) is 22.1. The summed E-state index contributed by atoms with van der Waals surface area (Å²) in [5.74, 6) is -0.608. The zero-order valence-corrected chi connectivity index (χ0v) is 40.0. The van der Waals surface area contributed by atoms with E-state index in [9.17, 15) is 29.0 Å². The monoisotopic (exact) mass is 943 g/mol. The molecule has 1 aliphatic carbocycles. The molecule has 2 saturated heterocycles. The number of ether oxygens (including phenoxy) is 2. The van der Waals surface area contributed by atoms with Crippen LogP contribution in [0.2, 0.25) is 0 Å². The van der Waals surface area contributed by atoms with Gasteiger partial charge in [-0.25, -0.2) is 9.37 Å². The maximum atomic E-state index is 14.6. The molecule has 3 atom stereocenters. The van der Waals surface area contributed by atoms with Gasteiger partial charge in [0, 0.05) is 70.0 Å². The summed E-state index contributed by atoms with van der Waals surface area (Å²) in [6.45, 7) is 13.4. The lowest BCUT2D eigenvalue weighted by molar-refractivity contribution is -0.145. The number of anilines is 2. The second-order valence-electron chi connectivity index (χ2n) is 19.0. The number of unbranched alkanes of at least 4 members (excludes halogenated alkanes) is 4. The highest BCUT2D eigenvalue weighted by Crippen LogP contribution is 2.41. The Bertz CT molecular complexity index is 2330. The molecule has 18 heteroatoms. The average molecular weight is 944 g/mol. The van der Waals surface area contributed by atoms with E-state index in [0.717, 1.165) is 92.2 Å². The molecule has 2 aromatic heterocycles. The number of alkyl halides is 1. The number of rotatable bonds is 21. The summed E-state index contributed by atoms with van der Waals surface area (Å²) >= 11 is 1.55. The molecule has 67 heavy (non-hydrogen) atoms. The summed E-state index contributed by atoms with van der Waals surface area (Å²) in [6.07, 6.45) is 4.27. The lowest BCUT2D eigenvalue weighted by Crippen LogP contribution is -2.59. The third kappa shape index (κ3) is 12.8. The van der Waals surface area contributed by atoms with Gasteiger partial charge in [-0.2, -0.15) is 0 Å². The SMILES string of the molecule is Cc1ncsc1-c1ccc(CNC(=O)[C@@H]2C[C@@H](O)CN2C(=O)[C@@H](NC(=O)C2(F)CC2)C(C)(C)C)c(OCCCCCCCOCCN2CCN(c3cc(-c4ccccc4O)nnc3N)CC2)c1. The van der Waals surface area contributed by atoms with E-state index in [1.807, 2.05) is 48.8 Å². The van der Waals surface area contributed by atoms with Crippen LogP contribution in [0.5, 0.6) is 11.5 Å². The number of para-hydroxylation sites is 1. The molecular weight excluding hydrogens is 878 g/mol. The van der Waals surface area contributed by atoms with Crippen molar-refractivity contribution in [2.45, 2.75) is 109 Å². The average Bonchev–Trinajstić information content (AvgIpc) is 3.71. The largest absolute Gasteiger partial charge is 0.507 e. The number of piperazine rings is 1. The molecule has 4 aromatic rings. The Kier molecular flexibility index (Phi) is 16.3. The van der Waals surface area contributed by atoms with Crippen LogP contribution in [0.4, 0.5) is 15.9 Å². The number of nitrogens with two attached hydrogens (primary N) is 1. The number of hydrogen-bond donors (Lipinski definition) is 5. The van der Waals surface area contributed by atoms with E-state index in [1.165, 1.54) is 4.90 Å². The molecule has 6 N–H and O–H groups in total. The van der Waals surface area contributed by atoms with Crippen molar-refractivity contribution < 1.29 is 38.5 Å². The normalized spacial score (nSPS) is 18.7. The molecule has 3 fully saturated rings. The number of nitrogens with one attached hydrogen (secondary N) is 2. The van der Waals surface area contributed by atoms with Crippen LogP contribution in [0.15, 0.2) is 54.0 Å². The van der Waals surface area contributed by atoms with E-state index < -0.39 is 47.0 Å². The van der Waals surface area contributed by atoms with Gasteiger partial charge in [0.1, 0.15) is 23.6 Å². The topological polar surface area (TPSA) is 209 Å². The van der Waals surface area contributed by atoms with Gasteiger partial charge < -0.3 is 45.9 Å². The number of halogens is 1. The number of aliphatic hydroxyl groups excluding tert-OH is 1. The van der Waals surface area contributed by atoms with Crippen LogP contribution in [0.25, 0.3) is 21.7 Å². The van der Waals surface area contributed by atoms with Crippen molar-refractivity contribution in [2.75, 3.05) is 69.7 Å². The Hall–Kier alpha value is -5.43. The highest BCUT2D eigenvalue weighted by molar-refractivity contribution is 7.13. The molecule has 4 heterocycles. The number of aliphatic hydroxyl groups is 1. The number of thiazole rings is 1. The number of phenols is 1. The van der Waals surface area contributed by atoms with E-state index in [-0.39, 0.29) is 38.1 Å². The molecule has 362 valence electrons. The van der Waals surface area contributed by atoms with Gasteiger partial charge in [0.05, 0.1) is 46.8 Å². The number of β-amino-alcohol motifs (C(OH)–C–C–N with tert-alkyl or cyclic N) is 1. The Morgan fingerprint density at radius 3 is 2.42 bits per heavy atom. The number of amides is 3. The molecule has 1 saturated carbocycles. The van der Waals surface area contributed by atoms with Crippen molar-refractivity contribution in [2.24, 2.45) is 5.41 Å². The fourth-order valence-electron chi connectivity index (χ4n) is 8.57. The number of nitrogens with zero attached hydrogens (tertiary/aromatic N) is 6. The van der Waals surface area contributed by atoms with Crippen molar-refractivity contribution in [3.63, 3.8) is 0 Å². The van der Waals surface area contributed by atoms with Gasteiger partial charge in [0.15, 0.2) is 11.5 Å². The molecule has 3 aliphatic rings. The number of carbonyl (C=O) groups excluding carboxylic acids is 3. The minimum atomic E-state index is -1.96. The zero-order chi connectivity index (χ0) is 47.7. The number of carbonyl (C=O) groups is 3. The number of aryl methyl sites for hydroxylation is 1. The van der Waals surface area contributed by atoms with Crippen LogP contribution in [0.1, 0.15) is 83.4 Å². The molecule has 16 nitrogen and oxygen atoms in total. The predicted octanol–water partition coefficient (Wildman–Crippen LogP) is 5.64. The molecular formula is C49H66FN9O7S. The third-order valence-electron chi connectivity index (χ3n) is 12.8. The van der Waals surface area contributed by atoms with Crippen molar-refractivity contribution in [3.05, 3.63) is 65.3 Å². The summed E-state index contributed by atoms with van der Waals surface area (Å²) in [6, 6.07) is 12.8. The Labute approximate surface area is 396 Å². The standard InChI is InChI=1S/C49H66FN9O7S/c1-32-42(67-31-53-32)33-14-15-34(29-52-45(62)39-27-35(60)30-59(39)46(63)43(48(2,3)4)54-47(64)49(50)16-17-49)41(26-33)66-24-11-7-5-6-10-23-65-25-22-57-18-20-58(21-19-57)38-28-37(55-56-44(38)51)36-12-8-9-13-40(36)61/h8-9,12-15,26,28,31,35,39,43,60-61H,5-7,10-11,16-25,27,29-30H2,1-4H3,(H2,51,56)(H,52,62)(H,54,64)/t35-,39+,43-/m1/s1. The number of benzene rings is 2. The van der Waals surface area contributed by atoms with E-state index in [0.29, 0.717) is 42.6 Å². The van der Waals surface area contributed by atoms with Crippen LogP contribution in [0.3, 0.4) is 0 Å². The molecule has 0 bridgehead atoms. The van der Waals surface area contributed by atoms with Crippen LogP contribution >= 0.6 is 11.3 Å². The lowest BCUT2D eigenvalue weighted by atomic mass is 9.85. The van der Waals surface area contributed by atoms with Crippen LogP contribution < -0.4 is 26.0 Å². The maximum Gasteiger partial charge on any atom is 0.258 e. The van der Waals surface area contributed by atoms with Gasteiger partial charge in [-0.3, -0.25) is 19.3 Å². The van der Waals surface area contributed by atoms with Gasteiger partial charge in [-0.15, -0.1) is 21.5 Å². The predicted molar refractivity (Wildman–Crippen MR) is 256 cm³/mol. The molecule has 3 amide bonds. The number of aromatic hydroxyl groups is 1. The number of nitrogen functional groups attached to an aromatic ring is 1. The Morgan fingerprint density at radius 1 is 0.985 bits per heavy atom. The molecule has 7 rings (SSSR count). The summed E-state index contributed by atoms with van der Waals surface area (Å²) in [7, 11) is 0. The summed E-state index contributed by atoms with van der Waals surface area (Å²) in [4.78, 5) is 51.7. The van der Waals surface area contributed by atoms with E-state index in [4.69, 9.17) is 15.2 Å². The van der Waals surface area contributed by atoms with Crippen LogP contribution in [0, 0.1) is 12.3 Å². The van der Waals surface area contributed by atoms with Gasteiger partial charge >= 0.3 is 0 Å². The first-order valence-electron chi connectivity index (χ1n) is 23.5. The quantitative estimate of drug-likeness (QED) is 0.0642. The van der Waals surface area contributed by atoms with Crippen molar-refractivity contribution >= 4 is 40.6 Å². The number of likely N-dealkylation sites (tertiary alicyclic amines) is 1. The summed E-state index contributed by atoms with van der Waals surface area (Å²) in [5.41, 5.74) is 9.97. The van der Waals surface area contributed by atoms with Gasteiger partial charge in [0.2, 0.25) is 11.8 Å². The minimum Gasteiger partial charge on any atom is -0.507 e. The van der Waals surface area contributed by atoms with Gasteiger partial charge in [-0.05, 0) is 67.9 Å². The minimum absolute atomic E-state index is 0.0424.